The summed E-state index contributed by atoms with van der Waals surface area (Å²) in [7, 11) is 0. The molecule has 0 aromatic heterocycles. The molecule has 0 fully saturated rings. The van der Waals surface area contributed by atoms with Crippen LogP contribution < -0.4 is 0 Å². The first-order valence-electron chi connectivity index (χ1n) is 6.41. The van der Waals surface area contributed by atoms with Crippen LogP contribution in [-0.2, 0) is 4.79 Å². The van der Waals surface area contributed by atoms with Crippen LogP contribution in [0.25, 0.3) is 16.8 Å². The minimum Gasteiger partial charge on any atom is -0.279 e. The van der Waals surface area contributed by atoms with Gasteiger partial charge in [0, 0.05) is 0 Å². The lowest BCUT2D eigenvalue weighted by atomic mass is 10.0. The summed E-state index contributed by atoms with van der Waals surface area (Å²) in [5, 5.41) is 2.35. The summed E-state index contributed by atoms with van der Waals surface area (Å²) in [6, 6.07) is 14.3. The van der Waals surface area contributed by atoms with Gasteiger partial charge in [-0.3, -0.25) is 4.79 Å². The molecule has 0 bridgehead atoms. The lowest BCUT2D eigenvalue weighted by Gasteiger charge is -2.01. The summed E-state index contributed by atoms with van der Waals surface area (Å²) in [5.74, 6) is 0.931. The number of carbonyl (C=O) groups is 1. The summed E-state index contributed by atoms with van der Waals surface area (Å²) < 4.78 is 0.851. The molecule has 0 saturated carbocycles. The molecule has 0 atom stereocenters. The second-order valence-electron chi connectivity index (χ2n) is 4.30. The fraction of sp³-hybridized carbons (Fsp3) is 0.125. The zero-order valence-corrected chi connectivity index (χ0v) is 12.6. The molecular weight excluding hydrogens is 286 g/mol. The van der Waals surface area contributed by atoms with Crippen LogP contribution in [0.5, 0.6) is 0 Å². The van der Waals surface area contributed by atoms with Gasteiger partial charge in [0.05, 0.1) is 0 Å². The molecule has 1 aliphatic rings. The van der Waals surface area contributed by atoms with E-state index in [1.165, 1.54) is 17.1 Å². The first-order valence-corrected chi connectivity index (χ1v) is 8.21. The molecule has 0 aliphatic carbocycles. The number of thioether (sulfide) groups is 2. The lowest BCUT2D eigenvalue weighted by molar-refractivity contribution is -0.107. The highest BCUT2D eigenvalue weighted by molar-refractivity contribution is 8.45. The van der Waals surface area contributed by atoms with Crippen LogP contribution in [0.1, 0.15) is 12.5 Å². The monoisotopic (exact) mass is 299 g/mol. The van der Waals surface area contributed by atoms with Gasteiger partial charge in [-0.25, -0.2) is 4.99 Å². The molecule has 0 N–H and O–H groups in total. The molecule has 2 aromatic rings. The average molecular weight is 299 g/mol. The molecule has 2 aromatic carbocycles. The maximum atomic E-state index is 12.0. The quantitative estimate of drug-likeness (QED) is 0.761. The van der Waals surface area contributed by atoms with Gasteiger partial charge in [0.25, 0.3) is 0 Å². The van der Waals surface area contributed by atoms with Crippen molar-refractivity contribution in [2.45, 2.75) is 6.92 Å². The second kappa shape index (κ2) is 5.85. The number of carbonyl (C=O) groups excluding carboxylic acids is 1. The summed E-state index contributed by atoms with van der Waals surface area (Å²) in [6.07, 6.45) is 1.89. The Kier molecular flexibility index (Phi) is 3.94. The number of rotatable bonds is 2. The maximum absolute atomic E-state index is 12.0. The van der Waals surface area contributed by atoms with Gasteiger partial charge in [-0.15, -0.1) is 0 Å². The smallest absolute Gasteiger partial charge is 0.244 e. The van der Waals surface area contributed by atoms with Crippen LogP contribution >= 0.6 is 23.5 Å². The van der Waals surface area contributed by atoms with Crippen molar-refractivity contribution in [3.05, 3.63) is 53.7 Å². The Morgan fingerprint density at radius 3 is 2.85 bits per heavy atom. The highest BCUT2D eigenvalue weighted by atomic mass is 32.2. The fourth-order valence-corrected chi connectivity index (χ4v) is 3.84. The third kappa shape index (κ3) is 2.67. The molecule has 0 amide bonds. The molecule has 3 rings (SSSR count). The molecule has 4 heteroatoms. The van der Waals surface area contributed by atoms with Crippen LogP contribution in [0.15, 0.2) is 53.2 Å². The SMILES string of the molecule is CCSC1=N/C(=C/c2cccc3ccccc23)C(=O)S1. The molecule has 1 heterocycles. The topological polar surface area (TPSA) is 29.4 Å². The van der Waals surface area contributed by atoms with Gasteiger partial charge in [0.1, 0.15) is 10.1 Å². The van der Waals surface area contributed by atoms with Gasteiger partial charge < -0.3 is 0 Å². The zero-order chi connectivity index (χ0) is 13.9. The van der Waals surface area contributed by atoms with Crippen LogP contribution in [0.3, 0.4) is 0 Å². The summed E-state index contributed by atoms with van der Waals surface area (Å²) >= 11 is 2.84. The maximum Gasteiger partial charge on any atom is 0.244 e. The fourth-order valence-electron chi connectivity index (χ4n) is 2.10. The van der Waals surface area contributed by atoms with Gasteiger partial charge in [-0.05, 0) is 39.9 Å². The Bertz CT molecular complexity index is 729. The van der Waals surface area contributed by atoms with Crippen molar-refractivity contribution in [2.24, 2.45) is 4.99 Å². The van der Waals surface area contributed by atoms with E-state index in [0.717, 1.165) is 21.1 Å². The normalized spacial score (nSPS) is 16.9. The van der Waals surface area contributed by atoms with Crippen LogP contribution in [0, 0.1) is 0 Å². The molecule has 0 saturated heterocycles. The van der Waals surface area contributed by atoms with Crippen molar-refractivity contribution in [2.75, 3.05) is 5.75 Å². The van der Waals surface area contributed by atoms with Crippen molar-refractivity contribution < 1.29 is 4.79 Å². The van der Waals surface area contributed by atoms with Crippen molar-refractivity contribution in [1.29, 1.82) is 0 Å². The Hall–Kier alpha value is -1.52. The Morgan fingerprint density at radius 2 is 2.00 bits per heavy atom. The number of aliphatic imine (C=N–C) groups is 1. The van der Waals surface area contributed by atoms with Crippen LogP contribution in [0.2, 0.25) is 0 Å². The van der Waals surface area contributed by atoms with E-state index in [9.17, 15) is 4.79 Å². The Labute approximate surface area is 126 Å². The molecule has 0 radical (unpaired) electrons. The highest BCUT2D eigenvalue weighted by Gasteiger charge is 2.22. The lowest BCUT2D eigenvalue weighted by Crippen LogP contribution is -1.88. The minimum atomic E-state index is 0.0360. The van der Waals surface area contributed by atoms with E-state index in [1.807, 2.05) is 30.3 Å². The van der Waals surface area contributed by atoms with Gasteiger partial charge in [0.2, 0.25) is 5.12 Å². The molecule has 1 aliphatic heterocycles. The van der Waals surface area contributed by atoms with Gasteiger partial charge >= 0.3 is 0 Å². The summed E-state index contributed by atoms with van der Waals surface area (Å²) in [6.45, 7) is 2.06. The molecule has 100 valence electrons. The standard InChI is InChI=1S/C16H13NOS2/c1-2-19-16-17-14(15(18)20-16)10-12-8-5-7-11-6-3-4-9-13(11)12/h3-10H,2H2,1H3/b14-10+. The van der Waals surface area contributed by atoms with E-state index >= 15 is 0 Å². The van der Waals surface area contributed by atoms with Crippen molar-refractivity contribution in [3.8, 4) is 0 Å². The van der Waals surface area contributed by atoms with Crippen molar-refractivity contribution >= 4 is 49.9 Å². The number of hydrogen-bond donors (Lipinski definition) is 0. The van der Waals surface area contributed by atoms with Gasteiger partial charge in [-0.2, -0.15) is 0 Å². The molecular formula is C16H13NOS2. The highest BCUT2D eigenvalue weighted by Crippen LogP contribution is 2.31. The first-order chi connectivity index (χ1) is 9.78. The predicted molar refractivity (Wildman–Crippen MR) is 90.1 cm³/mol. The van der Waals surface area contributed by atoms with Crippen LogP contribution in [0.4, 0.5) is 0 Å². The van der Waals surface area contributed by atoms with Gasteiger partial charge in [0.15, 0.2) is 0 Å². The second-order valence-corrected chi connectivity index (χ2v) is 6.77. The number of benzene rings is 2. The van der Waals surface area contributed by atoms with E-state index in [2.05, 4.69) is 30.1 Å². The third-order valence-electron chi connectivity index (χ3n) is 2.98. The van der Waals surface area contributed by atoms with E-state index in [1.54, 1.807) is 11.8 Å². The average Bonchev–Trinajstić information content (AvgIpc) is 2.80. The minimum absolute atomic E-state index is 0.0360. The van der Waals surface area contributed by atoms with E-state index < -0.39 is 0 Å². The number of hydrogen-bond acceptors (Lipinski definition) is 4. The molecule has 2 nitrogen and oxygen atoms in total. The van der Waals surface area contributed by atoms with E-state index in [-0.39, 0.29) is 5.12 Å². The van der Waals surface area contributed by atoms with Crippen LogP contribution in [-0.4, -0.2) is 15.2 Å². The van der Waals surface area contributed by atoms with E-state index in [0.29, 0.717) is 5.70 Å². The Balaban J connectivity index is 2.04. The zero-order valence-electron chi connectivity index (χ0n) is 11.0. The Morgan fingerprint density at radius 1 is 1.20 bits per heavy atom. The summed E-state index contributed by atoms with van der Waals surface area (Å²) in [4.78, 5) is 16.4. The number of nitrogens with zero attached hydrogens (tertiary/aromatic N) is 1. The van der Waals surface area contributed by atoms with Crippen molar-refractivity contribution in [3.63, 3.8) is 0 Å². The third-order valence-corrected chi connectivity index (χ3v) is 4.88. The molecule has 0 unspecified atom stereocenters. The molecule has 20 heavy (non-hydrogen) atoms. The summed E-state index contributed by atoms with van der Waals surface area (Å²) in [5.41, 5.74) is 1.58. The largest absolute Gasteiger partial charge is 0.279 e. The molecule has 0 spiro atoms. The number of fused-ring (bicyclic) bond motifs is 1. The van der Waals surface area contributed by atoms with Gasteiger partial charge in [-0.1, -0.05) is 61.2 Å². The first kappa shape index (κ1) is 13.5. The van der Waals surface area contributed by atoms with Crippen molar-refractivity contribution in [1.82, 2.24) is 0 Å². The predicted octanol–water partition coefficient (Wildman–Crippen LogP) is 4.56. The van der Waals surface area contributed by atoms with E-state index in [4.69, 9.17) is 0 Å².